The van der Waals surface area contributed by atoms with Crippen molar-refractivity contribution in [1.29, 1.82) is 0 Å². The van der Waals surface area contributed by atoms with Gasteiger partial charge in [-0.25, -0.2) is 0 Å². The van der Waals surface area contributed by atoms with Crippen molar-refractivity contribution in [2.45, 2.75) is 131 Å². The van der Waals surface area contributed by atoms with Crippen LogP contribution in [0.15, 0.2) is 121 Å². The van der Waals surface area contributed by atoms with E-state index < -0.39 is 0 Å². The average Bonchev–Trinajstić information content (AvgIpc) is 3.60. The number of fused-ring (bicyclic) bond motifs is 6. The Kier molecular flexibility index (Phi) is 21.0. The molecular weight excluding hydrogens is 799 g/mol. The van der Waals surface area contributed by atoms with Crippen LogP contribution in [0.2, 0.25) is 0 Å². The Morgan fingerprint density at radius 2 is 1.28 bits per heavy atom. The number of rotatable bonds is 16. The number of anilines is 1. The van der Waals surface area contributed by atoms with Crippen LogP contribution in [0.4, 0.5) is 11.4 Å². The topological polar surface area (TPSA) is 51.0 Å². The summed E-state index contributed by atoms with van der Waals surface area (Å²) in [4.78, 5) is 14.7. The summed E-state index contributed by atoms with van der Waals surface area (Å²) in [5.74, 6) is 2.31. The van der Waals surface area contributed by atoms with Gasteiger partial charge in [0.15, 0.2) is 5.71 Å². The first-order valence-corrected chi connectivity index (χ1v) is 24.4. The Balaban J connectivity index is 0.000000711. The number of allylic oxidation sites excluding steroid dienone is 8. The van der Waals surface area contributed by atoms with E-state index in [9.17, 15) is 4.79 Å². The number of Topliss-reactive ketones (excluding diaryl/α,β-unsaturated/α-hetero) is 1. The smallest absolute Gasteiger partial charge is 0.210 e. The molecule has 0 aliphatic carbocycles. The van der Waals surface area contributed by atoms with E-state index >= 15 is 0 Å². The van der Waals surface area contributed by atoms with E-state index in [1.807, 2.05) is 33.5 Å². The molecule has 60 heavy (non-hydrogen) atoms. The summed E-state index contributed by atoms with van der Waals surface area (Å²) in [6.45, 7) is 21.7. The minimum absolute atomic E-state index is 0.0871. The first-order chi connectivity index (χ1) is 28.9. The van der Waals surface area contributed by atoms with Crippen molar-refractivity contribution < 1.29 is 15.1 Å². The van der Waals surface area contributed by atoms with Crippen LogP contribution in [-0.4, -0.2) is 42.0 Å². The van der Waals surface area contributed by atoms with Crippen LogP contribution in [0, 0.1) is 5.92 Å². The van der Waals surface area contributed by atoms with Crippen molar-refractivity contribution >= 4 is 60.3 Å². The number of benzene rings is 4. The van der Waals surface area contributed by atoms with Gasteiger partial charge in [-0.3, -0.25) is 4.79 Å². The zero-order chi connectivity index (χ0) is 44.3. The lowest BCUT2D eigenvalue weighted by Gasteiger charge is -2.27. The number of carbonyl (C=O) groups is 1. The van der Waals surface area contributed by atoms with Crippen LogP contribution in [0.5, 0.6) is 0 Å². The van der Waals surface area contributed by atoms with Gasteiger partial charge < -0.3 is 10.6 Å². The lowest BCUT2D eigenvalue weighted by atomic mass is 9.79. The van der Waals surface area contributed by atoms with Gasteiger partial charge in [0, 0.05) is 53.4 Å². The molecule has 2 aliphatic rings. The highest BCUT2D eigenvalue weighted by Crippen LogP contribution is 2.51. The Morgan fingerprint density at radius 3 is 1.92 bits per heavy atom. The van der Waals surface area contributed by atoms with E-state index in [0.29, 0.717) is 12.2 Å². The van der Waals surface area contributed by atoms with Gasteiger partial charge in [-0.1, -0.05) is 175 Å². The molecule has 0 unspecified atom stereocenters. The molecule has 0 fully saturated rings. The third kappa shape index (κ3) is 12.3. The Morgan fingerprint density at radius 1 is 0.717 bits per heavy atom. The number of unbranched alkanes of at least 4 members (excludes halogenated alkanes) is 6. The fraction of sp³-hybridized carbons (Fsp3) is 0.455. The van der Waals surface area contributed by atoms with Crippen molar-refractivity contribution in [2.75, 3.05) is 30.9 Å². The molecule has 2 heterocycles. The molecule has 3 N–H and O–H groups in total. The summed E-state index contributed by atoms with van der Waals surface area (Å²) in [5.41, 5.74) is 11.6. The first kappa shape index (κ1) is 50.3. The molecule has 324 valence electrons. The number of hydrogen-bond acceptors (Lipinski definition) is 2. The summed E-state index contributed by atoms with van der Waals surface area (Å²) < 4.78 is 2.34. The standard InChI is InChI=1S/C45H51N2O.C7H17N.C2H6.CH3Br/c1-32(2)39(48)24-12-11-19-31-47-38-30-28-34-21-16-18-23-36(34)43(38)45(5,6)41(47)26-14-10-8-9-13-25-40-44(3,4)42-35-22-17-15-20-33(35)27-29-37(42)46(40)7;1-2-3-4-5-6-7-8;2*1-2/h8-10,13-18,20-23,25-30,32H,11-12,19,24,31H2,1-7H3;2-8H2,1H3;1-2H3;1H3/q+1;;;/p+1. The molecule has 0 radical (unpaired) electrons. The summed E-state index contributed by atoms with van der Waals surface area (Å²) in [6, 6.07) is 26.5. The minimum Gasteiger partial charge on any atom is -0.358 e. The number of carbonyl (C=O) groups excluding carboxylic acids is 1. The van der Waals surface area contributed by atoms with Crippen molar-refractivity contribution in [1.82, 2.24) is 0 Å². The lowest BCUT2D eigenvalue weighted by Crippen LogP contribution is -2.50. The summed E-state index contributed by atoms with van der Waals surface area (Å²) in [6.07, 6.45) is 25.9. The van der Waals surface area contributed by atoms with Gasteiger partial charge in [0.25, 0.3) is 0 Å². The fourth-order valence-corrected chi connectivity index (χ4v) is 8.77. The summed E-state index contributed by atoms with van der Waals surface area (Å²) in [7, 11) is 2.18. The van der Waals surface area contributed by atoms with Gasteiger partial charge in [0.1, 0.15) is 12.8 Å². The molecule has 0 atom stereocenters. The van der Waals surface area contributed by atoms with E-state index in [2.05, 4.69) is 188 Å². The van der Waals surface area contributed by atoms with Crippen LogP contribution in [-0.2, 0) is 15.6 Å². The van der Waals surface area contributed by atoms with Crippen molar-refractivity contribution in [3.05, 3.63) is 132 Å². The molecule has 0 saturated carbocycles. The van der Waals surface area contributed by atoms with Gasteiger partial charge in [0.05, 0.1) is 12.0 Å². The monoisotopic (exact) mass is 876 g/mol. The second-order valence-electron chi connectivity index (χ2n) is 17.1. The van der Waals surface area contributed by atoms with Crippen molar-refractivity contribution in [3.63, 3.8) is 0 Å². The predicted octanol–water partition coefficient (Wildman–Crippen LogP) is 14.4. The van der Waals surface area contributed by atoms with E-state index in [4.69, 9.17) is 0 Å². The highest BCUT2D eigenvalue weighted by molar-refractivity contribution is 9.08. The summed E-state index contributed by atoms with van der Waals surface area (Å²) >= 11 is 2.94. The molecular formula is C55H78BrN3O+2. The number of halogens is 1. The third-order valence-electron chi connectivity index (χ3n) is 11.9. The number of ketones is 1. The SMILES string of the molecule is CBr.CC.CC(C)C(=O)CCCCCN1/C(=C/C=C/C=C/C=C/C2=[N+](C)c3ccc4ccccc4c3C2(C)C)C(C)(C)c2c1ccc1ccccc21.CCCCCCC[NH3+]. The number of hydrogen-bond donors (Lipinski definition) is 1. The Labute approximate surface area is 373 Å². The summed E-state index contributed by atoms with van der Waals surface area (Å²) in [5, 5.41) is 5.24. The van der Waals surface area contributed by atoms with Crippen molar-refractivity contribution in [3.8, 4) is 0 Å². The molecule has 0 aromatic heterocycles. The maximum atomic E-state index is 12.2. The van der Waals surface area contributed by atoms with E-state index in [0.717, 1.165) is 32.4 Å². The molecule has 4 nitrogen and oxygen atoms in total. The number of alkyl halides is 1. The minimum atomic E-state index is -0.133. The van der Waals surface area contributed by atoms with Crippen LogP contribution in [0.1, 0.15) is 131 Å². The normalized spacial score (nSPS) is 15.7. The average molecular weight is 877 g/mol. The van der Waals surface area contributed by atoms with Crippen LogP contribution < -0.4 is 10.6 Å². The predicted molar refractivity (Wildman–Crippen MR) is 269 cm³/mol. The third-order valence-corrected chi connectivity index (χ3v) is 11.9. The second kappa shape index (κ2) is 25.0. The van der Waals surface area contributed by atoms with Crippen LogP contribution in [0.25, 0.3) is 21.5 Å². The molecule has 0 saturated heterocycles. The molecule has 4 aromatic carbocycles. The number of nitrogens with zero attached hydrogens (tertiary/aromatic N) is 2. The van der Waals surface area contributed by atoms with Crippen molar-refractivity contribution in [2.24, 2.45) is 5.92 Å². The lowest BCUT2D eigenvalue weighted by molar-refractivity contribution is -0.401. The second-order valence-corrected chi connectivity index (χ2v) is 17.1. The van der Waals surface area contributed by atoms with Gasteiger partial charge >= 0.3 is 0 Å². The largest absolute Gasteiger partial charge is 0.358 e. The van der Waals surface area contributed by atoms with Gasteiger partial charge in [0.2, 0.25) is 5.69 Å². The molecule has 0 amide bonds. The highest BCUT2D eigenvalue weighted by Gasteiger charge is 2.44. The Hall–Kier alpha value is -4.06. The highest BCUT2D eigenvalue weighted by atomic mass is 79.9. The zero-order valence-electron chi connectivity index (χ0n) is 39.2. The Bertz CT molecular complexity index is 2120. The molecule has 6 rings (SSSR count). The van der Waals surface area contributed by atoms with Gasteiger partial charge in [-0.15, -0.1) is 0 Å². The van der Waals surface area contributed by atoms with Crippen LogP contribution >= 0.6 is 15.9 Å². The molecule has 4 aromatic rings. The fourth-order valence-electron chi connectivity index (χ4n) is 8.77. The maximum absolute atomic E-state index is 12.2. The molecule has 5 heteroatoms. The number of quaternary nitrogens is 1. The van der Waals surface area contributed by atoms with E-state index in [1.165, 1.54) is 87.6 Å². The quantitative estimate of drug-likeness (QED) is 0.0528. The maximum Gasteiger partial charge on any atom is 0.210 e. The van der Waals surface area contributed by atoms with E-state index in [1.54, 1.807) is 0 Å². The zero-order valence-corrected chi connectivity index (χ0v) is 40.8. The van der Waals surface area contributed by atoms with Gasteiger partial charge in [-0.2, -0.15) is 4.58 Å². The molecule has 0 spiro atoms. The first-order valence-electron chi connectivity index (χ1n) is 22.8. The molecule has 0 bridgehead atoms. The van der Waals surface area contributed by atoms with Crippen LogP contribution in [0.3, 0.4) is 0 Å². The van der Waals surface area contributed by atoms with Gasteiger partial charge in [-0.05, 0) is 90.7 Å². The molecule has 2 aliphatic heterocycles. The van der Waals surface area contributed by atoms with E-state index in [-0.39, 0.29) is 16.7 Å².